The van der Waals surface area contributed by atoms with Crippen molar-refractivity contribution < 1.29 is 23.9 Å². The molecule has 1 aliphatic carbocycles. The van der Waals surface area contributed by atoms with Gasteiger partial charge in [0.25, 0.3) is 5.91 Å². The van der Waals surface area contributed by atoms with Gasteiger partial charge < -0.3 is 14.4 Å². The molecule has 0 unspecified atom stereocenters. The van der Waals surface area contributed by atoms with Crippen molar-refractivity contribution >= 4 is 69.7 Å². The first-order valence-electron chi connectivity index (χ1n) is 10.0. The Bertz CT molecular complexity index is 1100. The fourth-order valence-electron chi connectivity index (χ4n) is 3.55. The van der Waals surface area contributed by atoms with Crippen molar-refractivity contribution in [3.8, 4) is 0 Å². The van der Waals surface area contributed by atoms with Crippen molar-refractivity contribution in [3.05, 3.63) is 54.4 Å². The van der Waals surface area contributed by atoms with E-state index < -0.39 is 17.8 Å². The second-order valence-corrected chi connectivity index (χ2v) is 9.72. The molecule has 0 N–H and O–H groups in total. The minimum atomic E-state index is -0.528. The summed E-state index contributed by atoms with van der Waals surface area (Å²) in [6.45, 7) is 0.0782. The number of rotatable bonds is 7. The molecule has 0 saturated heterocycles. The van der Waals surface area contributed by atoms with Gasteiger partial charge in [-0.1, -0.05) is 40.9 Å². The summed E-state index contributed by atoms with van der Waals surface area (Å²) in [7, 11) is 2.56. The summed E-state index contributed by atoms with van der Waals surface area (Å²) in [5.74, 6) is -1.42. The van der Waals surface area contributed by atoms with E-state index in [-0.39, 0.29) is 28.0 Å². The van der Waals surface area contributed by atoms with Gasteiger partial charge in [-0.25, -0.2) is 9.78 Å². The molecular weight excluding hydrogens is 511 g/mol. The second-order valence-electron chi connectivity index (χ2n) is 7.25. The van der Waals surface area contributed by atoms with Crippen LogP contribution in [0.5, 0.6) is 0 Å². The molecule has 0 saturated carbocycles. The Labute approximate surface area is 210 Å². The van der Waals surface area contributed by atoms with E-state index in [4.69, 9.17) is 44.3 Å². The van der Waals surface area contributed by atoms with Gasteiger partial charge in [-0.3, -0.25) is 9.59 Å². The summed E-state index contributed by atoms with van der Waals surface area (Å²) in [4.78, 5) is 43.9. The van der Waals surface area contributed by atoms with E-state index in [0.29, 0.717) is 39.6 Å². The number of esters is 2. The monoisotopic (exact) mass is 530 g/mol. The van der Waals surface area contributed by atoms with Gasteiger partial charge in [-0.05, 0) is 37.3 Å². The largest absolute Gasteiger partial charge is 0.469 e. The van der Waals surface area contributed by atoms with E-state index >= 15 is 0 Å². The molecule has 7 nitrogen and oxygen atoms in total. The van der Waals surface area contributed by atoms with Crippen molar-refractivity contribution in [3.63, 3.8) is 0 Å². The highest BCUT2D eigenvalue weighted by Gasteiger charge is 2.32. The van der Waals surface area contributed by atoms with Crippen LogP contribution < -0.4 is 4.90 Å². The maximum absolute atomic E-state index is 13.8. The van der Waals surface area contributed by atoms with Gasteiger partial charge >= 0.3 is 11.9 Å². The smallest absolute Gasteiger partial charge is 0.334 e. The fourth-order valence-corrected chi connectivity index (χ4v) is 5.52. The Morgan fingerprint density at radius 1 is 1.06 bits per heavy atom. The van der Waals surface area contributed by atoms with Crippen molar-refractivity contribution in [1.82, 2.24) is 4.98 Å². The fraction of sp³-hybridized carbons (Fsp3) is 0.364. The van der Waals surface area contributed by atoms with Crippen molar-refractivity contribution in [2.75, 3.05) is 19.1 Å². The minimum absolute atomic E-state index is 0.0782. The van der Waals surface area contributed by atoms with Gasteiger partial charge in [-0.2, -0.15) is 0 Å². The van der Waals surface area contributed by atoms with E-state index in [1.54, 1.807) is 18.3 Å². The van der Waals surface area contributed by atoms with Crippen LogP contribution in [0.4, 0.5) is 5.69 Å². The Hall–Kier alpha value is -2.13. The number of halogens is 3. The van der Waals surface area contributed by atoms with Crippen LogP contribution >= 0.6 is 46.1 Å². The number of carbonyl (C=O) groups excluding carboxylic acids is 3. The standard InChI is InChI=1S/C22H21Cl3N2O5S/c1-31-17(28)9-15-18(24)19(20(25)33-15)27(11-12-7-8-16(23)26-10-12)21(29)13-5-3-4-6-14(13)22(30)32-2/h7-8,10H,3-6,9,11H2,1-2H3. The molecule has 11 heteroatoms. The number of carbonyl (C=O) groups is 3. The van der Waals surface area contributed by atoms with Crippen LogP contribution in [-0.2, 0) is 36.8 Å². The molecule has 0 aromatic carbocycles. The molecule has 1 amide bonds. The molecular formula is C22H21Cl3N2O5S. The van der Waals surface area contributed by atoms with E-state index in [1.165, 1.54) is 19.1 Å². The summed E-state index contributed by atoms with van der Waals surface area (Å²) >= 11 is 20.1. The lowest BCUT2D eigenvalue weighted by molar-refractivity contribution is -0.139. The lowest BCUT2D eigenvalue weighted by Gasteiger charge is -2.27. The highest BCUT2D eigenvalue weighted by Crippen LogP contribution is 2.45. The number of amides is 1. The predicted octanol–water partition coefficient (Wildman–Crippen LogP) is 5.40. The Morgan fingerprint density at radius 2 is 1.76 bits per heavy atom. The highest BCUT2D eigenvalue weighted by atomic mass is 35.5. The van der Waals surface area contributed by atoms with Crippen molar-refractivity contribution in [2.45, 2.75) is 38.6 Å². The third-order valence-electron chi connectivity index (χ3n) is 5.19. The molecule has 2 aromatic rings. The zero-order valence-corrected chi connectivity index (χ0v) is 21.0. The van der Waals surface area contributed by atoms with Crippen molar-refractivity contribution in [1.29, 1.82) is 0 Å². The first-order valence-corrected chi connectivity index (χ1v) is 12.0. The number of pyridine rings is 1. The number of thiophene rings is 1. The number of methoxy groups -OCH3 is 2. The number of aromatic nitrogens is 1. The highest BCUT2D eigenvalue weighted by molar-refractivity contribution is 7.17. The average Bonchev–Trinajstić information content (AvgIpc) is 3.10. The van der Waals surface area contributed by atoms with Gasteiger partial charge in [0.1, 0.15) is 9.49 Å². The second kappa shape index (κ2) is 11.3. The Kier molecular flexibility index (Phi) is 8.75. The van der Waals surface area contributed by atoms with Gasteiger partial charge in [0.15, 0.2) is 0 Å². The van der Waals surface area contributed by atoms with Gasteiger partial charge in [0.2, 0.25) is 0 Å². The molecule has 0 radical (unpaired) electrons. The van der Waals surface area contributed by atoms with Crippen molar-refractivity contribution in [2.24, 2.45) is 0 Å². The number of ether oxygens (including phenoxy) is 2. The molecule has 33 heavy (non-hydrogen) atoms. The van der Waals surface area contributed by atoms with E-state index in [9.17, 15) is 14.4 Å². The third-order valence-corrected chi connectivity index (χ3v) is 7.31. The van der Waals surface area contributed by atoms with Gasteiger partial charge in [0.05, 0.1) is 37.9 Å². The van der Waals surface area contributed by atoms with E-state index in [2.05, 4.69) is 4.98 Å². The van der Waals surface area contributed by atoms with Crippen LogP contribution in [0.3, 0.4) is 0 Å². The predicted molar refractivity (Wildman–Crippen MR) is 128 cm³/mol. The van der Waals surface area contributed by atoms with Gasteiger partial charge in [-0.15, -0.1) is 11.3 Å². The lowest BCUT2D eigenvalue weighted by Crippen LogP contribution is -2.34. The average molecular weight is 532 g/mol. The molecule has 0 fully saturated rings. The third kappa shape index (κ3) is 5.87. The molecule has 2 aromatic heterocycles. The van der Waals surface area contributed by atoms with Crippen LogP contribution in [0.25, 0.3) is 0 Å². The normalized spacial score (nSPS) is 13.6. The summed E-state index contributed by atoms with van der Waals surface area (Å²) in [6.07, 6.45) is 3.88. The quantitative estimate of drug-likeness (QED) is 0.351. The summed E-state index contributed by atoms with van der Waals surface area (Å²) in [5.41, 5.74) is 1.66. The zero-order valence-electron chi connectivity index (χ0n) is 18.0. The molecule has 0 spiro atoms. The minimum Gasteiger partial charge on any atom is -0.469 e. The van der Waals surface area contributed by atoms with Crippen LogP contribution in [0.1, 0.15) is 36.1 Å². The lowest BCUT2D eigenvalue weighted by atomic mass is 9.90. The molecule has 0 aliphatic heterocycles. The van der Waals surface area contributed by atoms with Crippen LogP contribution in [-0.4, -0.2) is 37.0 Å². The van der Waals surface area contributed by atoms with Crippen LogP contribution in [0, 0.1) is 0 Å². The van der Waals surface area contributed by atoms with E-state index in [1.807, 2.05) is 0 Å². The number of nitrogens with zero attached hydrogens (tertiary/aromatic N) is 2. The summed E-state index contributed by atoms with van der Waals surface area (Å²) in [5, 5.41) is 0.494. The maximum atomic E-state index is 13.8. The molecule has 176 valence electrons. The molecule has 0 bridgehead atoms. The maximum Gasteiger partial charge on any atom is 0.334 e. The van der Waals surface area contributed by atoms with E-state index in [0.717, 1.165) is 24.2 Å². The Balaban J connectivity index is 2.10. The first kappa shape index (κ1) is 25.5. The topological polar surface area (TPSA) is 85.8 Å². The number of hydrogen-bond donors (Lipinski definition) is 0. The summed E-state index contributed by atoms with van der Waals surface area (Å²) in [6, 6.07) is 3.34. The summed E-state index contributed by atoms with van der Waals surface area (Å²) < 4.78 is 9.87. The molecule has 2 heterocycles. The van der Waals surface area contributed by atoms with Crippen LogP contribution in [0.15, 0.2) is 29.5 Å². The molecule has 1 aliphatic rings. The first-order chi connectivity index (χ1) is 15.8. The van der Waals surface area contributed by atoms with Gasteiger partial charge in [0, 0.05) is 22.2 Å². The zero-order chi connectivity index (χ0) is 24.1. The molecule has 3 rings (SSSR count). The Morgan fingerprint density at radius 3 is 2.36 bits per heavy atom. The number of hydrogen-bond acceptors (Lipinski definition) is 7. The number of anilines is 1. The SMILES string of the molecule is COC(=O)Cc1sc(Cl)c(N(Cc2ccc(Cl)nc2)C(=O)C2=C(C(=O)OC)CCCC2)c1Cl. The van der Waals surface area contributed by atoms with Crippen LogP contribution in [0.2, 0.25) is 14.5 Å². The molecule has 0 atom stereocenters.